The van der Waals surface area contributed by atoms with E-state index in [1.165, 1.54) is 0 Å². The zero-order valence-corrected chi connectivity index (χ0v) is 36.4. The smallest absolute Gasteiger partial charge is 0.410 e. The number of esters is 1. The van der Waals surface area contributed by atoms with E-state index in [0.29, 0.717) is 38.8 Å². The van der Waals surface area contributed by atoms with Gasteiger partial charge in [-0.15, -0.1) is 0 Å². The number of aromatic hydroxyl groups is 1. The van der Waals surface area contributed by atoms with Crippen molar-refractivity contribution in [2.45, 2.75) is 135 Å². The third kappa shape index (κ3) is 9.10. The average molecular weight is 820 g/mol. The molecule has 6 rings (SSSR count). The molecular weight excluding hydrogens is 755 g/mol. The number of phenols is 1. The number of fused-ring (bicyclic) bond motifs is 2. The highest BCUT2D eigenvalue weighted by Crippen LogP contribution is 2.44. The Balaban J connectivity index is 1.42. The van der Waals surface area contributed by atoms with E-state index in [0.717, 1.165) is 22.0 Å². The van der Waals surface area contributed by atoms with Crippen LogP contribution in [-0.4, -0.2) is 131 Å². The first-order valence-electron chi connectivity index (χ1n) is 21.3. The second-order valence-corrected chi connectivity index (χ2v) is 18.0. The zero-order valence-electron chi connectivity index (χ0n) is 36.4. The first-order chi connectivity index (χ1) is 27.9. The van der Waals surface area contributed by atoms with Crippen LogP contribution < -0.4 is 0 Å². The van der Waals surface area contributed by atoms with Gasteiger partial charge in [-0.25, -0.2) is 4.79 Å². The van der Waals surface area contributed by atoms with Crippen molar-refractivity contribution >= 4 is 40.4 Å². The van der Waals surface area contributed by atoms with E-state index < -0.39 is 71.5 Å². The molecule has 2 N–H and O–H groups in total. The van der Waals surface area contributed by atoms with Gasteiger partial charge in [0.1, 0.15) is 23.9 Å². The number of carbonyl (C=O) groups excluding carboxylic acids is 3. The van der Waals surface area contributed by atoms with E-state index in [1.54, 1.807) is 30.9 Å². The van der Waals surface area contributed by atoms with Crippen LogP contribution in [-0.2, 0) is 33.3 Å². The average Bonchev–Trinajstić information content (AvgIpc) is 3.31. The lowest BCUT2D eigenvalue weighted by Crippen LogP contribution is -2.60. The molecule has 13 nitrogen and oxygen atoms in total. The second-order valence-electron chi connectivity index (χ2n) is 18.0. The van der Waals surface area contributed by atoms with Gasteiger partial charge in [0.2, 0.25) is 0 Å². The highest BCUT2D eigenvalue weighted by molar-refractivity contribution is 6.00. The Bertz CT molecular complexity index is 1920. The first kappa shape index (κ1) is 44.7. The van der Waals surface area contributed by atoms with E-state index in [9.17, 15) is 24.6 Å². The van der Waals surface area contributed by atoms with Crippen molar-refractivity contribution < 1.29 is 48.3 Å². The molecule has 4 heterocycles. The number of ketones is 1. The number of aliphatic imine (C=N–C) groups is 1. The maximum absolute atomic E-state index is 14.7. The molecule has 4 aliphatic heterocycles. The molecular formula is C46H65N3O10. The summed E-state index contributed by atoms with van der Waals surface area (Å²) in [5, 5.41) is 23.5. The number of phenolic OH excluding ortho intramolecular Hbond substituents is 1. The van der Waals surface area contributed by atoms with Crippen LogP contribution in [0, 0.1) is 23.7 Å². The maximum Gasteiger partial charge on any atom is 0.410 e. The molecule has 0 spiro atoms. The summed E-state index contributed by atoms with van der Waals surface area (Å²) >= 11 is 0. The van der Waals surface area contributed by atoms with E-state index in [4.69, 9.17) is 28.7 Å². The van der Waals surface area contributed by atoms with Crippen molar-refractivity contribution in [1.29, 1.82) is 0 Å². The van der Waals surface area contributed by atoms with Crippen LogP contribution in [0.3, 0.4) is 0 Å². The SMILES string of the molecule is CCC[C@@H]1OC(=O)[C@H](C)C(=O)[C@H](C)[C@@H](O[C@H]2O[C@@H](C)C[C@@H](N(C)C)C2O)[C@@](C)(OC/C=C/c2ccc3cc(O)ccc3c2)C[C@@H](C)C2=NCCN3C(=O)O[C@@]1(C)[C@H]3[C@@H]2C. The van der Waals surface area contributed by atoms with E-state index >= 15 is 0 Å². The number of likely N-dealkylation sites (N-methyl/N-ethyl adjacent to an activating group) is 1. The quantitative estimate of drug-likeness (QED) is 0.213. The maximum atomic E-state index is 14.7. The Morgan fingerprint density at radius 3 is 2.44 bits per heavy atom. The summed E-state index contributed by atoms with van der Waals surface area (Å²) in [7, 11) is 3.81. The molecule has 2 aromatic rings. The van der Waals surface area contributed by atoms with Gasteiger partial charge < -0.3 is 38.8 Å². The summed E-state index contributed by atoms with van der Waals surface area (Å²) in [6, 6.07) is 10.4. The lowest BCUT2D eigenvalue weighted by Gasteiger charge is -2.47. The van der Waals surface area contributed by atoms with Crippen molar-refractivity contribution in [2.75, 3.05) is 33.8 Å². The van der Waals surface area contributed by atoms with Crippen molar-refractivity contribution in [1.82, 2.24) is 9.80 Å². The van der Waals surface area contributed by atoms with Gasteiger partial charge in [-0.1, -0.05) is 64.5 Å². The van der Waals surface area contributed by atoms with Gasteiger partial charge in [0.15, 0.2) is 17.7 Å². The molecule has 13 heteroatoms. The minimum Gasteiger partial charge on any atom is -0.508 e. The number of rotatable bonds is 9. The van der Waals surface area contributed by atoms with Crippen molar-refractivity contribution in [3.63, 3.8) is 0 Å². The first-order valence-corrected chi connectivity index (χ1v) is 21.3. The fraction of sp³-hybridized carbons (Fsp3) is 0.652. The van der Waals surface area contributed by atoms with Gasteiger partial charge in [0.05, 0.1) is 37.0 Å². The third-order valence-electron chi connectivity index (χ3n) is 13.2. The Morgan fingerprint density at radius 2 is 1.73 bits per heavy atom. The summed E-state index contributed by atoms with van der Waals surface area (Å²) < 4.78 is 32.6. The number of nitrogens with zero attached hydrogens (tertiary/aromatic N) is 3. The summed E-state index contributed by atoms with van der Waals surface area (Å²) in [5.74, 6) is -3.55. The van der Waals surface area contributed by atoms with Crippen LogP contribution in [0.2, 0.25) is 0 Å². The fourth-order valence-corrected chi connectivity index (χ4v) is 10.1. The summed E-state index contributed by atoms with van der Waals surface area (Å²) in [6.45, 7) is 16.0. The predicted octanol–water partition coefficient (Wildman–Crippen LogP) is 6.41. The van der Waals surface area contributed by atoms with Gasteiger partial charge in [-0.2, -0.15) is 0 Å². The largest absolute Gasteiger partial charge is 0.508 e. The van der Waals surface area contributed by atoms with Crippen LogP contribution >= 0.6 is 0 Å². The summed E-state index contributed by atoms with van der Waals surface area (Å²) in [5.41, 5.74) is -0.602. The molecule has 4 aliphatic rings. The van der Waals surface area contributed by atoms with E-state index in [1.807, 2.05) is 83.1 Å². The lowest BCUT2D eigenvalue weighted by atomic mass is 9.73. The van der Waals surface area contributed by atoms with E-state index in [2.05, 4.69) is 13.8 Å². The number of ether oxygens (including phenoxy) is 5. The number of aliphatic hydroxyl groups is 1. The molecule has 0 aliphatic carbocycles. The monoisotopic (exact) mass is 819 g/mol. The van der Waals surface area contributed by atoms with Gasteiger partial charge in [-0.3, -0.25) is 19.5 Å². The van der Waals surface area contributed by atoms with Gasteiger partial charge in [0, 0.05) is 30.1 Å². The fourth-order valence-electron chi connectivity index (χ4n) is 10.1. The zero-order chi connectivity index (χ0) is 43.0. The van der Waals surface area contributed by atoms with Gasteiger partial charge in [-0.05, 0) is 102 Å². The molecule has 59 heavy (non-hydrogen) atoms. The molecule has 1 amide bonds. The molecule has 1 unspecified atom stereocenters. The Morgan fingerprint density at radius 1 is 1.02 bits per heavy atom. The van der Waals surface area contributed by atoms with Crippen LogP contribution in [0.5, 0.6) is 5.75 Å². The molecule has 3 saturated heterocycles. The van der Waals surface area contributed by atoms with Gasteiger partial charge in [0.25, 0.3) is 0 Å². The molecule has 2 aromatic carbocycles. The van der Waals surface area contributed by atoms with E-state index in [-0.39, 0.29) is 36.3 Å². The summed E-state index contributed by atoms with van der Waals surface area (Å²) in [4.78, 5) is 51.1. The molecule has 3 fully saturated rings. The second kappa shape index (κ2) is 18.0. The molecule has 324 valence electrons. The Labute approximate surface area is 349 Å². The number of Topliss-reactive ketones (excluding diaryl/α,β-unsaturated/α-hetero) is 1. The predicted molar refractivity (Wildman–Crippen MR) is 225 cm³/mol. The van der Waals surface area contributed by atoms with Gasteiger partial charge >= 0.3 is 12.1 Å². The normalized spacial score (nSPS) is 37.3. The van der Waals surface area contributed by atoms with Crippen molar-refractivity contribution in [3.8, 4) is 5.75 Å². The Kier molecular flexibility index (Phi) is 13.6. The van der Waals surface area contributed by atoms with Crippen LogP contribution in [0.1, 0.15) is 86.6 Å². The highest BCUT2D eigenvalue weighted by Gasteiger charge is 2.60. The van der Waals surface area contributed by atoms with Crippen LogP contribution in [0.4, 0.5) is 4.79 Å². The number of cyclic esters (lactones) is 1. The minimum atomic E-state index is -1.21. The standard InChI is InChI=1S/C46H65N3O10/c1-11-13-36-46(8)40-28(4)37(47-19-20-49(40)44(54)59-46)26(2)25-45(7,55-21-12-14-31-15-16-33-24-34(50)18-17-32(33)23-31)41(29(5)38(51)30(6)42(53)57-36)58-43-39(52)35(48(9)10)22-27(3)56-43/h12,14-18,23-24,26-30,35-36,39-41,43,50,52H,11,13,19-22,25H2,1-10H3/b14-12+/t26-,27+,28-,29+,30-,35-,36+,39?,40-,41-,43-,45+,46-/m1/s1. The number of carbonyl (C=O) groups is 3. The highest BCUT2D eigenvalue weighted by atomic mass is 16.7. The van der Waals surface area contributed by atoms with Crippen LogP contribution in [0.15, 0.2) is 47.5 Å². The number of hydrogen-bond donors (Lipinski definition) is 2. The Hall–Kier alpha value is -3.88. The molecule has 0 radical (unpaired) electrons. The molecule has 0 aromatic heterocycles. The minimum absolute atomic E-state index is 0.136. The number of benzene rings is 2. The third-order valence-corrected chi connectivity index (χ3v) is 13.2. The topological polar surface area (TPSA) is 157 Å². The number of hydrogen-bond acceptors (Lipinski definition) is 12. The van der Waals surface area contributed by atoms with Crippen LogP contribution in [0.25, 0.3) is 16.8 Å². The van der Waals surface area contributed by atoms with Crippen molar-refractivity contribution in [2.24, 2.45) is 28.7 Å². The number of amides is 1. The molecule has 2 bridgehead atoms. The number of aliphatic hydroxyl groups excluding tert-OH is 1. The van der Waals surface area contributed by atoms with Crippen molar-refractivity contribution in [3.05, 3.63) is 48.0 Å². The molecule has 13 atom stereocenters. The molecule has 0 saturated carbocycles. The summed E-state index contributed by atoms with van der Waals surface area (Å²) in [6.07, 6.45) is 1.21. The lowest BCUT2D eigenvalue weighted by molar-refractivity contribution is -0.296.